The number of nitrogens with zero attached hydrogens (tertiary/aromatic N) is 4. The Hall–Kier alpha value is -1.66. The fraction of sp³-hybridized carbons (Fsp3) is 0.773. The lowest BCUT2D eigenvalue weighted by molar-refractivity contribution is -0.0514. The van der Waals surface area contributed by atoms with Crippen molar-refractivity contribution in [3.05, 3.63) is 12.7 Å². The molecule has 1 saturated heterocycles. The number of imidazole rings is 1. The smallest absolute Gasteiger partial charge is 0.387 e. The van der Waals surface area contributed by atoms with Gasteiger partial charge in [-0.2, -0.15) is 0 Å². The molecule has 13 heteroatoms. The van der Waals surface area contributed by atoms with Crippen LogP contribution in [0.25, 0.3) is 11.2 Å². The molecule has 0 aliphatic carbocycles. The first kappa shape index (κ1) is 27.9. The number of aromatic nitrogens is 4. The van der Waals surface area contributed by atoms with Gasteiger partial charge in [-0.25, -0.2) is 19.5 Å². The maximum absolute atomic E-state index is 12.2. The summed E-state index contributed by atoms with van der Waals surface area (Å²) in [5.41, 5.74) is 6.43. The van der Waals surface area contributed by atoms with Crippen LogP contribution in [0.2, 0.25) is 0 Å². The second kappa shape index (κ2) is 13.6. The molecule has 2 aromatic heterocycles. The minimum absolute atomic E-state index is 0.103. The molecule has 3 rings (SSSR count). The van der Waals surface area contributed by atoms with Crippen LogP contribution < -0.4 is 5.73 Å². The topological polar surface area (TPSA) is 175 Å². The van der Waals surface area contributed by atoms with Gasteiger partial charge in [-0.15, -0.1) is 0 Å². The maximum atomic E-state index is 12.2. The molecule has 3 heterocycles. The summed E-state index contributed by atoms with van der Waals surface area (Å²) >= 11 is 0. The van der Waals surface area contributed by atoms with Gasteiger partial charge in [0.15, 0.2) is 17.7 Å². The van der Waals surface area contributed by atoms with E-state index in [4.69, 9.17) is 19.5 Å². The Morgan fingerprint density at radius 1 is 1.00 bits per heavy atom. The van der Waals surface area contributed by atoms with Crippen LogP contribution in [-0.4, -0.2) is 66.2 Å². The zero-order chi connectivity index (χ0) is 25.3. The van der Waals surface area contributed by atoms with Crippen molar-refractivity contribution < 1.29 is 33.5 Å². The normalized spacial score (nSPS) is 24.2. The van der Waals surface area contributed by atoms with Crippen molar-refractivity contribution in [2.45, 2.75) is 95.7 Å². The van der Waals surface area contributed by atoms with Crippen molar-refractivity contribution in [2.24, 2.45) is 0 Å². The minimum Gasteiger partial charge on any atom is -0.387 e. The highest BCUT2D eigenvalue weighted by atomic mass is 31.2. The molecule has 198 valence electrons. The van der Waals surface area contributed by atoms with E-state index in [2.05, 4.69) is 21.9 Å². The van der Waals surface area contributed by atoms with Gasteiger partial charge in [0.25, 0.3) is 0 Å². The van der Waals surface area contributed by atoms with Gasteiger partial charge in [0.1, 0.15) is 30.2 Å². The third-order valence-electron chi connectivity index (χ3n) is 6.15. The molecule has 2 aromatic rings. The second-order valence-corrected chi connectivity index (χ2v) is 10.4. The third-order valence-corrected chi connectivity index (χ3v) is 7.14. The highest BCUT2D eigenvalue weighted by Gasteiger charge is 2.45. The number of aliphatic hydroxyl groups is 2. The molecule has 1 aliphatic rings. The van der Waals surface area contributed by atoms with E-state index in [-0.39, 0.29) is 12.4 Å². The van der Waals surface area contributed by atoms with Crippen LogP contribution in [0.3, 0.4) is 0 Å². The SMILES string of the molecule is CCCCCCCCCCCCOP(=O)(O)OC[C@H]1O[C@@H](n2cnc3c(N)ncnc32)[C@H](O)[C@@H]1O. The Kier molecular flexibility index (Phi) is 10.8. The number of ether oxygens (including phenoxy) is 1. The van der Waals surface area contributed by atoms with E-state index in [0.29, 0.717) is 17.6 Å². The van der Waals surface area contributed by atoms with Crippen LogP contribution in [0.5, 0.6) is 0 Å². The molecule has 1 fully saturated rings. The Bertz CT molecular complexity index is 961. The number of hydrogen-bond acceptors (Lipinski definition) is 10. The monoisotopic (exact) mass is 515 g/mol. The first-order chi connectivity index (χ1) is 16.8. The summed E-state index contributed by atoms with van der Waals surface area (Å²) in [6.07, 6.45) is 9.25. The summed E-state index contributed by atoms with van der Waals surface area (Å²) in [4.78, 5) is 22.0. The number of phosphoric acid groups is 1. The average Bonchev–Trinajstić information content (AvgIpc) is 3.38. The molecular formula is C22H38N5O7P. The summed E-state index contributed by atoms with van der Waals surface area (Å²) in [6, 6.07) is 0. The van der Waals surface area contributed by atoms with Crippen LogP contribution in [-0.2, 0) is 18.3 Å². The van der Waals surface area contributed by atoms with Gasteiger partial charge in [0, 0.05) is 0 Å². The predicted molar refractivity (Wildman–Crippen MR) is 129 cm³/mol. The van der Waals surface area contributed by atoms with E-state index in [1.54, 1.807) is 0 Å². The number of nitrogens with two attached hydrogens (primary N) is 1. The zero-order valence-electron chi connectivity index (χ0n) is 20.2. The first-order valence-electron chi connectivity index (χ1n) is 12.4. The summed E-state index contributed by atoms with van der Waals surface area (Å²) in [5, 5.41) is 20.8. The predicted octanol–water partition coefficient (Wildman–Crippen LogP) is 3.08. The van der Waals surface area contributed by atoms with Gasteiger partial charge in [-0.1, -0.05) is 64.7 Å². The van der Waals surface area contributed by atoms with Gasteiger partial charge in [-0.05, 0) is 6.42 Å². The number of anilines is 1. The molecule has 1 aliphatic heterocycles. The van der Waals surface area contributed by atoms with Crippen molar-refractivity contribution in [2.75, 3.05) is 18.9 Å². The van der Waals surface area contributed by atoms with Crippen molar-refractivity contribution in [1.29, 1.82) is 0 Å². The summed E-state index contributed by atoms with van der Waals surface area (Å²) in [5.74, 6) is 0.169. The number of hydrogen-bond donors (Lipinski definition) is 4. The molecule has 0 amide bonds. The van der Waals surface area contributed by atoms with Crippen molar-refractivity contribution in [3.8, 4) is 0 Å². The van der Waals surface area contributed by atoms with Crippen LogP contribution in [0.15, 0.2) is 12.7 Å². The number of nitrogen functional groups attached to an aromatic ring is 1. The maximum Gasteiger partial charge on any atom is 0.472 e. The minimum atomic E-state index is -4.32. The van der Waals surface area contributed by atoms with E-state index in [0.717, 1.165) is 19.3 Å². The summed E-state index contributed by atoms with van der Waals surface area (Å²) < 4.78 is 29.4. The number of unbranched alkanes of at least 4 members (excludes halogenated alkanes) is 9. The standard InChI is InChI=1S/C22H38N5O7P/c1-2-3-4-5-6-7-8-9-10-11-12-32-35(30,31)33-13-16-18(28)19(29)22(34-16)27-15-26-17-20(23)24-14-25-21(17)27/h14-16,18-19,22,28-29H,2-13H2,1H3,(H,30,31)(H2,23,24,25)/t16-,18-,19-,22-/m1/s1. The van der Waals surface area contributed by atoms with E-state index in [1.165, 1.54) is 55.7 Å². The molecule has 0 spiro atoms. The highest BCUT2D eigenvalue weighted by molar-refractivity contribution is 7.47. The molecule has 1 unspecified atom stereocenters. The Morgan fingerprint density at radius 2 is 1.66 bits per heavy atom. The lowest BCUT2D eigenvalue weighted by atomic mass is 10.1. The molecule has 35 heavy (non-hydrogen) atoms. The molecule has 5 N–H and O–H groups in total. The Balaban J connectivity index is 1.36. The van der Waals surface area contributed by atoms with Gasteiger partial charge in [0.05, 0.1) is 19.5 Å². The molecule has 0 aromatic carbocycles. The van der Waals surface area contributed by atoms with E-state index >= 15 is 0 Å². The quantitative estimate of drug-likeness (QED) is 0.191. The van der Waals surface area contributed by atoms with Crippen molar-refractivity contribution in [3.63, 3.8) is 0 Å². The summed E-state index contributed by atoms with van der Waals surface area (Å²) in [7, 11) is -4.32. The van der Waals surface area contributed by atoms with E-state index in [1.807, 2.05) is 0 Å². The van der Waals surface area contributed by atoms with Gasteiger partial charge < -0.3 is 25.6 Å². The van der Waals surface area contributed by atoms with Crippen LogP contribution in [0.4, 0.5) is 5.82 Å². The average molecular weight is 516 g/mol. The van der Waals surface area contributed by atoms with Gasteiger partial charge >= 0.3 is 7.82 Å². The van der Waals surface area contributed by atoms with Crippen LogP contribution >= 0.6 is 7.82 Å². The number of phosphoric ester groups is 1. The molecule has 0 radical (unpaired) electrons. The number of rotatable bonds is 16. The molecule has 12 nitrogen and oxygen atoms in total. The van der Waals surface area contributed by atoms with Gasteiger partial charge in [-0.3, -0.25) is 13.6 Å². The second-order valence-electron chi connectivity index (χ2n) is 8.91. The third kappa shape index (κ3) is 7.91. The fourth-order valence-corrected chi connectivity index (χ4v) is 4.90. The number of fused-ring (bicyclic) bond motifs is 1. The molecule has 0 saturated carbocycles. The largest absolute Gasteiger partial charge is 0.472 e. The molecular weight excluding hydrogens is 477 g/mol. The van der Waals surface area contributed by atoms with E-state index < -0.39 is 39.0 Å². The van der Waals surface area contributed by atoms with Gasteiger partial charge in [0.2, 0.25) is 0 Å². The lowest BCUT2D eigenvalue weighted by Gasteiger charge is -2.17. The summed E-state index contributed by atoms with van der Waals surface area (Å²) in [6.45, 7) is 1.87. The van der Waals surface area contributed by atoms with Crippen molar-refractivity contribution in [1.82, 2.24) is 19.5 Å². The highest BCUT2D eigenvalue weighted by Crippen LogP contribution is 2.44. The molecule has 5 atom stereocenters. The van der Waals surface area contributed by atoms with Crippen LogP contribution in [0.1, 0.15) is 77.4 Å². The van der Waals surface area contributed by atoms with Crippen LogP contribution in [0, 0.1) is 0 Å². The van der Waals surface area contributed by atoms with Crippen molar-refractivity contribution >= 4 is 24.8 Å². The Morgan fingerprint density at radius 3 is 2.34 bits per heavy atom. The number of aliphatic hydroxyl groups excluding tert-OH is 2. The zero-order valence-corrected chi connectivity index (χ0v) is 21.1. The fourth-order valence-electron chi connectivity index (χ4n) is 4.13. The first-order valence-corrected chi connectivity index (χ1v) is 13.9. The lowest BCUT2D eigenvalue weighted by Crippen LogP contribution is -2.33. The Labute approximate surface area is 205 Å². The molecule has 0 bridgehead atoms. The van der Waals surface area contributed by atoms with E-state index in [9.17, 15) is 19.7 Å².